The third-order valence-electron chi connectivity index (χ3n) is 2.58. The molecular weight excluding hydrogens is 247 g/mol. The Morgan fingerprint density at radius 1 is 1.33 bits per heavy atom. The summed E-state index contributed by atoms with van der Waals surface area (Å²) in [5, 5.41) is 11.1. The van der Waals surface area contributed by atoms with E-state index in [0.29, 0.717) is 16.7 Å². The molecule has 0 aliphatic rings. The van der Waals surface area contributed by atoms with Gasteiger partial charge in [0.15, 0.2) is 0 Å². The first kappa shape index (κ1) is 14.5. The Morgan fingerprint density at radius 2 is 1.83 bits per heavy atom. The van der Waals surface area contributed by atoms with Crippen molar-refractivity contribution in [3.63, 3.8) is 0 Å². The van der Waals surface area contributed by atoms with Crippen LogP contribution in [0.15, 0.2) is 18.2 Å². The zero-order valence-corrected chi connectivity index (χ0v) is 10.0. The third kappa shape index (κ3) is 3.73. The molecule has 0 saturated heterocycles. The van der Waals surface area contributed by atoms with E-state index in [1.807, 2.05) is 5.32 Å². The summed E-state index contributed by atoms with van der Waals surface area (Å²) in [6.07, 6.45) is -4.44. The van der Waals surface area contributed by atoms with E-state index >= 15 is 0 Å². The Balaban J connectivity index is 3.02. The second-order valence-corrected chi connectivity index (χ2v) is 4.07. The molecule has 1 atom stereocenters. The monoisotopic (exact) mass is 261 g/mol. The van der Waals surface area contributed by atoms with Crippen LogP contribution in [0.1, 0.15) is 22.7 Å². The van der Waals surface area contributed by atoms with Crippen LogP contribution in [0.25, 0.3) is 0 Å². The highest BCUT2D eigenvalue weighted by molar-refractivity contribution is 5.76. The lowest BCUT2D eigenvalue weighted by atomic mass is 9.96. The van der Waals surface area contributed by atoms with E-state index in [1.165, 1.54) is 0 Å². The topological polar surface area (TPSA) is 49.3 Å². The molecule has 6 heteroatoms. The molecule has 0 heterocycles. The van der Waals surface area contributed by atoms with Gasteiger partial charge in [-0.15, -0.1) is 0 Å². The van der Waals surface area contributed by atoms with Crippen molar-refractivity contribution in [3.8, 4) is 0 Å². The molecule has 0 aliphatic carbocycles. The molecule has 1 aromatic carbocycles. The smallest absolute Gasteiger partial charge is 0.401 e. The molecule has 2 N–H and O–H groups in total. The number of aryl methyl sites for hydroxylation is 2. The van der Waals surface area contributed by atoms with E-state index in [1.54, 1.807) is 32.0 Å². The average molecular weight is 261 g/mol. The Labute approximate surface area is 103 Å². The maximum atomic E-state index is 12.1. The third-order valence-corrected chi connectivity index (χ3v) is 2.58. The summed E-state index contributed by atoms with van der Waals surface area (Å²) in [5.74, 6) is -1.32. The lowest BCUT2D eigenvalue weighted by Crippen LogP contribution is -2.36. The lowest BCUT2D eigenvalue weighted by molar-refractivity contribution is -0.143. The predicted molar refractivity (Wildman–Crippen MR) is 60.4 cm³/mol. The van der Waals surface area contributed by atoms with Gasteiger partial charge in [-0.25, -0.2) is 0 Å². The minimum Gasteiger partial charge on any atom is -0.480 e. The Kier molecular flexibility index (Phi) is 4.34. The number of alkyl halides is 3. The van der Waals surface area contributed by atoms with Gasteiger partial charge in [0.1, 0.15) is 6.04 Å². The van der Waals surface area contributed by atoms with Crippen LogP contribution in [-0.4, -0.2) is 23.8 Å². The number of hydrogen-bond donors (Lipinski definition) is 2. The van der Waals surface area contributed by atoms with Gasteiger partial charge in [0.25, 0.3) is 0 Å². The number of hydrogen-bond acceptors (Lipinski definition) is 2. The molecule has 0 amide bonds. The van der Waals surface area contributed by atoms with Crippen molar-refractivity contribution in [2.24, 2.45) is 0 Å². The molecule has 0 aliphatic heterocycles. The first-order valence-corrected chi connectivity index (χ1v) is 5.31. The zero-order chi connectivity index (χ0) is 13.9. The van der Waals surface area contributed by atoms with Crippen LogP contribution in [-0.2, 0) is 4.79 Å². The summed E-state index contributed by atoms with van der Waals surface area (Å²) in [6.45, 7) is 2.01. The zero-order valence-electron chi connectivity index (χ0n) is 10.0. The largest absolute Gasteiger partial charge is 0.480 e. The van der Waals surface area contributed by atoms with Crippen LogP contribution in [0.2, 0.25) is 0 Å². The van der Waals surface area contributed by atoms with Gasteiger partial charge >= 0.3 is 12.1 Å². The molecule has 0 bridgehead atoms. The number of halogens is 3. The SMILES string of the molecule is Cc1cccc(C)c1C(NCC(F)(F)F)C(=O)O. The predicted octanol–water partition coefficient (Wildman–Crippen LogP) is 2.58. The number of nitrogens with one attached hydrogen (secondary N) is 1. The molecule has 0 saturated carbocycles. The molecule has 0 spiro atoms. The fraction of sp³-hybridized carbons (Fsp3) is 0.417. The average Bonchev–Trinajstić information content (AvgIpc) is 2.20. The minimum atomic E-state index is -4.44. The number of rotatable bonds is 4. The van der Waals surface area contributed by atoms with Crippen molar-refractivity contribution in [2.75, 3.05) is 6.54 Å². The fourth-order valence-electron chi connectivity index (χ4n) is 1.81. The summed E-state index contributed by atoms with van der Waals surface area (Å²) in [5.41, 5.74) is 1.68. The standard InChI is InChI=1S/C12H14F3NO2/c1-7-4-3-5-8(2)9(7)10(11(17)18)16-6-12(13,14)15/h3-5,10,16H,6H2,1-2H3,(H,17,18). The number of aliphatic carboxylic acids is 1. The van der Waals surface area contributed by atoms with Crippen molar-refractivity contribution >= 4 is 5.97 Å². The van der Waals surface area contributed by atoms with Crippen molar-refractivity contribution in [1.82, 2.24) is 5.32 Å². The highest BCUT2D eigenvalue weighted by atomic mass is 19.4. The van der Waals surface area contributed by atoms with Gasteiger partial charge in [0.2, 0.25) is 0 Å². The molecule has 100 valence electrons. The highest BCUT2D eigenvalue weighted by Crippen LogP contribution is 2.23. The van der Waals surface area contributed by atoms with Crippen LogP contribution < -0.4 is 5.32 Å². The van der Waals surface area contributed by atoms with Gasteiger partial charge in [-0.3, -0.25) is 10.1 Å². The van der Waals surface area contributed by atoms with Gasteiger partial charge in [0.05, 0.1) is 6.54 Å². The summed E-state index contributed by atoms with van der Waals surface area (Å²) in [4.78, 5) is 11.1. The lowest BCUT2D eigenvalue weighted by Gasteiger charge is -2.20. The quantitative estimate of drug-likeness (QED) is 0.875. The molecule has 3 nitrogen and oxygen atoms in total. The first-order chi connectivity index (χ1) is 8.22. The normalized spacial score (nSPS) is 13.4. The molecule has 0 aromatic heterocycles. The highest BCUT2D eigenvalue weighted by Gasteiger charge is 2.31. The number of carboxylic acids is 1. The van der Waals surface area contributed by atoms with Gasteiger partial charge in [-0.1, -0.05) is 18.2 Å². The molecule has 1 unspecified atom stereocenters. The van der Waals surface area contributed by atoms with Gasteiger partial charge in [0, 0.05) is 0 Å². The molecular formula is C12H14F3NO2. The molecule has 18 heavy (non-hydrogen) atoms. The molecule has 0 radical (unpaired) electrons. The summed E-state index contributed by atoms with van der Waals surface area (Å²) in [6, 6.07) is 3.73. The van der Waals surface area contributed by atoms with Crippen LogP contribution in [0.5, 0.6) is 0 Å². The Hall–Kier alpha value is -1.56. The molecule has 1 rings (SSSR count). The van der Waals surface area contributed by atoms with Crippen molar-refractivity contribution < 1.29 is 23.1 Å². The van der Waals surface area contributed by atoms with E-state index in [0.717, 1.165) is 0 Å². The van der Waals surface area contributed by atoms with E-state index < -0.39 is 24.7 Å². The fourth-order valence-corrected chi connectivity index (χ4v) is 1.81. The first-order valence-electron chi connectivity index (χ1n) is 5.31. The Morgan fingerprint density at radius 3 is 2.22 bits per heavy atom. The van der Waals surface area contributed by atoms with Crippen LogP contribution in [0, 0.1) is 13.8 Å². The van der Waals surface area contributed by atoms with Crippen LogP contribution >= 0.6 is 0 Å². The van der Waals surface area contributed by atoms with E-state index in [4.69, 9.17) is 5.11 Å². The van der Waals surface area contributed by atoms with E-state index in [9.17, 15) is 18.0 Å². The van der Waals surface area contributed by atoms with Gasteiger partial charge in [-0.05, 0) is 30.5 Å². The van der Waals surface area contributed by atoms with Gasteiger partial charge in [-0.2, -0.15) is 13.2 Å². The van der Waals surface area contributed by atoms with Crippen LogP contribution in [0.4, 0.5) is 13.2 Å². The maximum Gasteiger partial charge on any atom is 0.401 e. The van der Waals surface area contributed by atoms with Crippen LogP contribution in [0.3, 0.4) is 0 Å². The Bertz CT molecular complexity index is 423. The van der Waals surface area contributed by atoms with Gasteiger partial charge < -0.3 is 5.11 Å². The van der Waals surface area contributed by atoms with Crippen molar-refractivity contribution in [3.05, 3.63) is 34.9 Å². The maximum absolute atomic E-state index is 12.1. The molecule has 1 aromatic rings. The van der Waals surface area contributed by atoms with Crippen molar-refractivity contribution in [1.29, 1.82) is 0 Å². The second-order valence-electron chi connectivity index (χ2n) is 4.07. The minimum absolute atomic E-state index is 0.384. The van der Waals surface area contributed by atoms with E-state index in [2.05, 4.69) is 0 Å². The summed E-state index contributed by atoms with van der Waals surface area (Å²) >= 11 is 0. The summed E-state index contributed by atoms with van der Waals surface area (Å²) < 4.78 is 36.4. The van der Waals surface area contributed by atoms with E-state index in [-0.39, 0.29) is 0 Å². The second kappa shape index (κ2) is 5.39. The summed E-state index contributed by atoms with van der Waals surface area (Å²) in [7, 11) is 0. The number of carbonyl (C=O) groups is 1. The number of carboxylic acid groups (broad SMARTS) is 1. The van der Waals surface area contributed by atoms with Crippen molar-refractivity contribution in [2.45, 2.75) is 26.1 Å². The number of benzene rings is 1. The molecule has 0 fully saturated rings.